The van der Waals surface area contributed by atoms with Gasteiger partial charge in [0.15, 0.2) is 5.78 Å². The molecule has 0 unspecified atom stereocenters. The van der Waals surface area contributed by atoms with E-state index in [4.69, 9.17) is 0 Å². The predicted octanol–water partition coefficient (Wildman–Crippen LogP) is 6.78. The van der Waals surface area contributed by atoms with Crippen LogP contribution < -0.4 is 4.31 Å². The maximum atomic E-state index is 14.2. The average molecular weight is 655 g/mol. The number of hydrogen-bond acceptors (Lipinski definition) is 5. The van der Waals surface area contributed by atoms with Gasteiger partial charge in [0.25, 0.3) is 0 Å². The lowest BCUT2D eigenvalue weighted by Gasteiger charge is -2.34. The van der Waals surface area contributed by atoms with E-state index in [0.717, 1.165) is 41.3 Å². The van der Waals surface area contributed by atoms with Crippen molar-refractivity contribution in [3.05, 3.63) is 101 Å². The molecule has 4 atom stereocenters. The summed E-state index contributed by atoms with van der Waals surface area (Å²) in [7, 11) is -2.16. The van der Waals surface area contributed by atoms with Gasteiger partial charge in [0.2, 0.25) is 10.0 Å². The maximum absolute atomic E-state index is 14.2. The van der Waals surface area contributed by atoms with Gasteiger partial charge in [-0.25, -0.2) is 8.42 Å². The molecule has 0 bridgehead atoms. The van der Waals surface area contributed by atoms with E-state index in [1.165, 1.54) is 9.87 Å². The molecule has 1 aliphatic heterocycles. The molecule has 4 aromatic rings. The van der Waals surface area contributed by atoms with Crippen LogP contribution >= 0.6 is 0 Å². The first-order valence-electron chi connectivity index (χ1n) is 16.9. The summed E-state index contributed by atoms with van der Waals surface area (Å²) in [6.45, 7) is 5.84. The molecule has 2 heterocycles. The van der Waals surface area contributed by atoms with E-state index in [2.05, 4.69) is 19.1 Å². The highest BCUT2D eigenvalue weighted by molar-refractivity contribution is 7.94. The van der Waals surface area contributed by atoms with E-state index in [1.807, 2.05) is 65.4 Å². The third-order valence-corrected chi connectivity index (χ3v) is 13.0. The molecule has 3 aromatic carbocycles. The third kappa shape index (κ3) is 6.42. The van der Waals surface area contributed by atoms with Gasteiger partial charge in [0.1, 0.15) is 10.5 Å². The molecule has 1 fully saturated rings. The summed E-state index contributed by atoms with van der Waals surface area (Å²) in [4.78, 5) is 27.7. The Morgan fingerprint density at radius 1 is 1.00 bits per heavy atom. The van der Waals surface area contributed by atoms with Gasteiger partial charge < -0.3 is 9.67 Å². The number of carbonyl (C=O) groups is 2. The Morgan fingerprint density at radius 2 is 1.66 bits per heavy atom. The first kappa shape index (κ1) is 33.2. The Kier molecular flexibility index (Phi) is 9.20. The van der Waals surface area contributed by atoms with Crippen LogP contribution in [0.1, 0.15) is 73.5 Å². The molecular formula is C39H46N2O5S. The van der Waals surface area contributed by atoms with Crippen LogP contribution in [0.4, 0.5) is 5.69 Å². The van der Waals surface area contributed by atoms with Crippen LogP contribution in [0, 0.1) is 17.8 Å². The van der Waals surface area contributed by atoms with Crippen molar-refractivity contribution in [2.45, 2.75) is 83.1 Å². The highest BCUT2D eigenvalue weighted by atomic mass is 32.2. The summed E-state index contributed by atoms with van der Waals surface area (Å²) in [5, 5.41) is 12.7. The molecule has 6 rings (SSSR count). The molecule has 8 heteroatoms. The van der Waals surface area contributed by atoms with E-state index in [0.29, 0.717) is 37.1 Å². The summed E-state index contributed by atoms with van der Waals surface area (Å²) in [6.07, 6.45) is 5.00. The predicted molar refractivity (Wildman–Crippen MR) is 187 cm³/mol. The van der Waals surface area contributed by atoms with Crippen molar-refractivity contribution >= 4 is 38.2 Å². The number of aromatic nitrogens is 1. The Bertz CT molecular complexity index is 1880. The Labute approximate surface area is 278 Å². The molecular weight excluding hydrogens is 609 g/mol. The first-order valence-corrected chi connectivity index (χ1v) is 18.3. The van der Waals surface area contributed by atoms with Crippen LogP contribution in [0.15, 0.2) is 79.0 Å². The van der Waals surface area contributed by atoms with Crippen LogP contribution in [-0.4, -0.2) is 47.6 Å². The maximum Gasteiger partial charge on any atom is 0.241 e. The van der Waals surface area contributed by atoms with Gasteiger partial charge in [-0.1, -0.05) is 67.6 Å². The summed E-state index contributed by atoms with van der Waals surface area (Å²) in [5.74, 6) is -0.850. The van der Waals surface area contributed by atoms with Gasteiger partial charge in [-0.2, -0.15) is 0 Å². The smallest absolute Gasteiger partial charge is 0.241 e. The van der Waals surface area contributed by atoms with Crippen molar-refractivity contribution in [3.8, 4) is 0 Å². The molecule has 1 N–H and O–H groups in total. The largest absolute Gasteiger partial charge is 0.392 e. The van der Waals surface area contributed by atoms with Gasteiger partial charge in [0.05, 0.1) is 17.3 Å². The van der Waals surface area contributed by atoms with Crippen LogP contribution in [0.2, 0.25) is 0 Å². The van der Waals surface area contributed by atoms with Gasteiger partial charge in [-0.15, -0.1) is 0 Å². The zero-order valence-electron chi connectivity index (χ0n) is 27.9. The fourth-order valence-electron chi connectivity index (χ4n) is 7.80. The van der Waals surface area contributed by atoms with Gasteiger partial charge in [-0.3, -0.25) is 13.9 Å². The molecule has 47 heavy (non-hydrogen) atoms. The van der Waals surface area contributed by atoms with Crippen molar-refractivity contribution in [3.63, 3.8) is 0 Å². The number of aliphatic hydroxyl groups is 1. The third-order valence-electron chi connectivity index (χ3n) is 10.5. The van der Waals surface area contributed by atoms with Crippen molar-refractivity contribution in [1.29, 1.82) is 0 Å². The number of aryl methyl sites for hydroxylation is 1. The fraction of sp³-hybridized carbons (Fsp3) is 0.436. The summed E-state index contributed by atoms with van der Waals surface area (Å²) < 4.78 is 29.6. The lowest BCUT2D eigenvalue weighted by molar-refractivity contribution is -0.131. The number of nitrogens with zero attached hydrogens (tertiary/aromatic N) is 2. The minimum atomic E-state index is -3.72. The van der Waals surface area contributed by atoms with Crippen LogP contribution in [-0.2, 0) is 40.6 Å². The number of aliphatic hydroxyl groups excluding tert-OH is 1. The van der Waals surface area contributed by atoms with Gasteiger partial charge in [0, 0.05) is 49.5 Å². The number of hydrogen-bond donors (Lipinski definition) is 1. The minimum Gasteiger partial charge on any atom is -0.392 e. The second kappa shape index (κ2) is 13.0. The second-order valence-electron chi connectivity index (χ2n) is 14.2. The van der Waals surface area contributed by atoms with Gasteiger partial charge >= 0.3 is 0 Å². The molecule has 0 spiro atoms. The number of rotatable bonds is 10. The van der Waals surface area contributed by atoms with E-state index in [1.54, 1.807) is 27.0 Å². The molecule has 7 nitrogen and oxygen atoms in total. The van der Waals surface area contributed by atoms with Crippen LogP contribution in [0.5, 0.6) is 0 Å². The lowest BCUT2D eigenvalue weighted by Crippen LogP contribution is -2.44. The second-order valence-corrected chi connectivity index (χ2v) is 16.8. The molecule has 248 valence electrons. The average Bonchev–Trinajstić information content (AvgIpc) is 3.38. The number of Topliss-reactive ketones (excluding diaryl/α,β-unsaturated/α-hetero) is 2. The molecule has 2 aliphatic rings. The zero-order valence-corrected chi connectivity index (χ0v) is 28.7. The molecule has 1 saturated carbocycles. The number of anilines is 1. The summed E-state index contributed by atoms with van der Waals surface area (Å²) in [5.41, 5.74) is 4.99. The Balaban J connectivity index is 1.29. The monoisotopic (exact) mass is 654 g/mol. The minimum absolute atomic E-state index is 0.0440. The van der Waals surface area contributed by atoms with E-state index >= 15 is 0 Å². The topological polar surface area (TPSA) is 96.7 Å². The quantitative estimate of drug-likeness (QED) is 0.190. The Morgan fingerprint density at radius 3 is 2.30 bits per heavy atom. The molecule has 0 radical (unpaired) electrons. The highest BCUT2D eigenvalue weighted by Crippen LogP contribution is 2.41. The standard InChI is InChI=1S/C39H46N2O5S/c1-5-29-24-41-25-39(2,3)47(45,46)40(4)34-22-30(21-33(29)37(34)41)35(42)23-31(19-27-14-10-7-11-15-27)38(44)32-17-16-28(20-36(32)43)18-26-12-8-6-9-13-26/h6-15,21-22,24,28,31-32,38,44H,5,16-20,23,25H2,1-4H3/t28-,31+,32+,38-/m0/s1. The number of ketones is 2. The van der Waals surface area contributed by atoms with Crippen molar-refractivity contribution < 1.29 is 23.1 Å². The molecule has 1 aliphatic carbocycles. The van der Waals surface area contributed by atoms with E-state index in [-0.39, 0.29) is 23.9 Å². The first-order chi connectivity index (χ1) is 22.4. The SMILES string of the molecule is CCc1cn2c3c(cc(C(=O)C[C@@H](Cc4ccccc4)[C@H](O)[C@@H]4CC[C@@H](Cc5ccccc5)CC4=O)cc13)N(C)S(=O)(=O)C(C)(C)C2. The number of benzene rings is 3. The summed E-state index contributed by atoms with van der Waals surface area (Å²) >= 11 is 0. The van der Waals surface area contributed by atoms with Gasteiger partial charge in [-0.05, 0) is 86.6 Å². The highest BCUT2D eigenvalue weighted by Gasteiger charge is 2.43. The normalized spacial score (nSPS) is 21.7. The molecule has 1 aromatic heterocycles. The van der Waals surface area contributed by atoms with E-state index < -0.39 is 32.7 Å². The van der Waals surface area contributed by atoms with Crippen molar-refractivity contribution in [1.82, 2.24) is 4.57 Å². The Hall–Kier alpha value is -3.75. The van der Waals surface area contributed by atoms with Crippen molar-refractivity contribution in [2.75, 3.05) is 11.4 Å². The van der Waals surface area contributed by atoms with Crippen LogP contribution in [0.25, 0.3) is 10.9 Å². The molecule has 0 amide bonds. The van der Waals surface area contributed by atoms with E-state index in [9.17, 15) is 23.1 Å². The lowest BCUT2D eigenvalue weighted by atomic mass is 9.72. The van der Waals surface area contributed by atoms with Crippen molar-refractivity contribution in [2.24, 2.45) is 17.8 Å². The molecule has 0 saturated heterocycles. The number of sulfonamides is 1. The summed E-state index contributed by atoms with van der Waals surface area (Å²) in [6, 6.07) is 23.6. The fourth-order valence-corrected chi connectivity index (χ4v) is 9.24. The zero-order chi connectivity index (χ0) is 33.5. The van der Waals surface area contributed by atoms with Crippen LogP contribution in [0.3, 0.4) is 0 Å². The number of carbonyl (C=O) groups excluding carboxylic acids is 2.